The van der Waals surface area contributed by atoms with Crippen molar-refractivity contribution in [1.82, 2.24) is 25.3 Å². The van der Waals surface area contributed by atoms with E-state index in [4.69, 9.17) is 20.9 Å². The molecule has 4 rings (SSSR count). The second kappa shape index (κ2) is 7.48. The van der Waals surface area contributed by atoms with Gasteiger partial charge in [0.2, 0.25) is 16.9 Å². The van der Waals surface area contributed by atoms with E-state index in [9.17, 15) is 0 Å². The largest absolute Gasteiger partial charge is 0.496 e. The van der Waals surface area contributed by atoms with Gasteiger partial charge in [0.1, 0.15) is 5.75 Å². The number of thiophene rings is 1. The summed E-state index contributed by atoms with van der Waals surface area (Å²) < 4.78 is 10.6. The predicted molar refractivity (Wildman–Crippen MR) is 101 cm³/mol. The van der Waals surface area contributed by atoms with Gasteiger partial charge >= 0.3 is 0 Å². The molecule has 0 aliphatic heterocycles. The topological polar surface area (TPSA) is 89.7 Å². The molecule has 0 atom stereocenters. The van der Waals surface area contributed by atoms with Gasteiger partial charge in [0.25, 0.3) is 0 Å². The lowest BCUT2D eigenvalue weighted by molar-refractivity contribution is 0.391. The van der Waals surface area contributed by atoms with E-state index in [-0.39, 0.29) is 0 Å². The van der Waals surface area contributed by atoms with Crippen LogP contribution in [-0.2, 0) is 5.75 Å². The fraction of sp³-hybridized carbons (Fsp3) is 0.125. The van der Waals surface area contributed by atoms with Crippen molar-refractivity contribution in [2.75, 3.05) is 7.11 Å². The number of thioether (sulfide) groups is 1. The second-order valence-electron chi connectivity index (χ2n) is 5.09. The van der Waals surface area contributed by atoms with E-state index in [0.29, 0.717) is 39.2 Å². The molecule has 0 saturated carbocycles. The first-order chi connectivity index (χ1) is 12.7. The van der Waals surface area contributed by atoms with Gasteiger partial charge in [-0.3, -0.25) is 5.10 Å². The summed E-state index contributed by atoms with van der Waals surface area (Å²) in [7, 11) is 1.60. The first-order valence-corrected chi connectivity index (χ1v) is 9.73. The number of H-pyrrole nitrogens is 1. The molecule has 132 valence electrons. The first kappa shape index (κ1) is 17.1. The third-order valence-electron chi connectivity index (χ3n) is 3.42. The van der Waals surface area contributed by atoms with Crippen LogP contribution < -0.4 is 4.74 Å². The van der Waals surface area contributed by atoms with Gasteiger partial charge in [0.15, 0.2) is 5.82 Å². The van der Waals surface area contributed by atoms with Gasteiger partial charge in [0.05, 0.1) is 23.3 Å². The van der Waals surface area contributed by atoms with Crippen LogP contribution in [0.5, 0.6) is 5.75 Å². The first-order valence-electron chi connectivity index (χ1n) is 7.48. The molecule has 0 spiro atoms. The summed E-state index contributed by atoms with van der Waals surface area (Å²) in [6, 6.07) is 9.23. The van der Waals surface area contributed by atoms with Crippen LogP contribution in [0.3, 0.4) is 0 Å². The zero-order valence-corrected chi connectivity index (χ0v) is 15.9. The third kappa shape index (κ3) is 3.59. The summed E-state index contributed by atoms with van der Waals surface area (Å²) in [4.78, 5) is 9.82. The second-order valence-corrected chi connectivity index (χ2v) is 7.42. The Morgan fingerprint density at radius 2 is 2.23 bits per heavy atom. The number of benzene rings is 1. The SMILES string of the molecule is COc1ccc(Cl)cc1-c1nc(SCc2nc(-c3cccs3)no2)n[nH]1. The van der Waals surface area contributed by atoms with Crippen molar-refractivity contribution in [2.24, 2.45) is 0 Å². The van der Waals surface area contributed by atoms with Gasteiger partial charge < -0.3 is 9.26 Å². The number of aromatic nitrogens is 5. The number of nitrogens with zero attached hydrogens (tertiary/aromatic N) is 4. The molecule has 4 aromatic rings. The fourth-order valence-corrected chi connectivity index (χ4v) is 3.70. The average Bonchev–Trinajstić information content (AvgIpc) is 3.40. The number of hydrogen-bond donors (Lipinski definition) is 1. The van der Waals surface area contributed by atoms with E-state index in [1.54, 1.807) is 36.6 Å². The highest BCUT2D eigenvalue weighted by Gasteiger charge is 2.14. The van der Waals surface area contributed by atoms with Crippen LogP contribution >= 0.6 is 34.7 Å². The molecule has 0 radical (unpaired) electrons. The number of rotatable bonds is 6. The molecular weight excluding hydrogens is 394 g/mol. The Kier molecular flexibility index (Phi) is 4.91. The Morgan fingerprint density at radius 3 is 3.04 bits per heavy atom. The number of ether oxygens (including phenoxy) is 1. The van der Waals surface area contributed by atoms with E-state index < -0.39 is 0 Å². The summed E-state index contributed by atoms with van der Waals surface area (Å²) in [6.07, 6.45) is 0. The van der Waals surface area contributed by atoms with E-state index in [2.05, 4.69) is 25.3 Å². The predicted octanol–water partition coefficient (Wildman–Crippen LogP) is 4.54. The highest BCUT2D eigenvalue weighted by Crippen LogP contribution is 2.31. The molecule has 0 aliphatic rings. The zero-order valence-electron chi connectivity index (χ0n) is 13.5. The standard InChI is InChI=1S/C16H12ClN5O2S2/c1-23-11-5-4-9(17)7-10(11)14-19-16(21-20-14)26-8-13-18-15(22-24-13)12-3-2-6-25-12/h2-7H,8H2,1H3,(H,19,20,21). The quantitative estimate of drug-likeness (QED) is 0.471. The fourth-order valence-electron chi connectivity index (χ4n) is 2.24. The van der Waals surface area contributed by atoms with Crippen LogP contribution in [0, 0.1) is 0 Å². The highest BCUT2D eigenvalue weighted by molar-refractivity contribution is 7.98. The summed E-state index contributed by atoms with van der Waals surface area (Å²) >= 11 is 9.03. The highest BCUT2D eigenvalue weighted by atomic mass is 35.5. The summed E-state index contributed by atoms with van der Waals surface area (Å²) in [5.41, 5.74) is 0.747. The molecule has 26 heavy (non-hydrogen) atoms. The monoisotopic (exact) mass is 405 g/mol. The van der Waals surface area contributed by atoms with Gasteiger partial charge in [-0.25, -0.2) is 4.98 Å². The van der Waals surface area contributed by atoms with Crippen LogP contribution in [0.4, 0.5) is 0 Å². The Labute approximate surface area is 161 Å². The number of halogens is 1. The van der Waals surface area contributed by atoms with Crippen LogP contribution in [0.15, 0.2) is 45.4 Å². The Bertz CT molecular complexity index is 1020. The van der Waals surface area contributed by atoms with Crippen molar-refractivity contribution in [1.29, 1.82) is 0 Å². The van der Waals surface area contributed by atoms with Crippen LogP contribution in [-0.4, -0.2) is 32.4 Å². The van der Waals surface area contributed by atoms with Gasteiger partial charge in [-0.05, 0) is 29.6 Å². The number of nitrogens with one attached hydrogen (secondary N) is 1. The minimum Gasteiger partial charge on any atom is -0.496 e. The van der Waals surface area contributed by atoms with Gasteiger partial charge in [0, 0.05) is 5.02 Å². The normalized spacial score (nSPS) is 11.0. The maximum atomic E-state index is 6.07. The molecule has 7 nitrogen and oxygen atoms in total. The number of hydrogen-bond acceptors (Lipinski definition) is 8. The lowest BCUT2D eigenvalue weighted by Gasteiger charge is -2.05. The molecule has 0 unspecified atom stereocenters. The molecule has 3 aromatic heterocycles. The number of methoxy groups -OCH3 is 1. The summed E-state index contributed by atoms with van der Waals surface area (Å²) in [5, 5.41) is 14.2. The maximum Gasteiger partial charge on any atom is 0.237 e. The summed E-state index contributed by atoms with van der Waals surface area (Å²) in [5.74, 6) is 2.83. The smallest absolute Gasteiger partial charge is 0.237 e. The van der Waals surface area contributed by atoms with Gasteiger partial charge in [-0.2, -0.15) is 4.98 Å². The molecule has 0 saturated heterocycles. The van der Waals surface area contributed by atoms with Crippen LogP contribution in [0.1, 0.15) is 5.89 Å². The molecule has 1 aromatic carbocycles. The van der Waals surface area contributed by atoms with E-state index in [1.807, 2.05) is 17.5 Å². The van der Waals surface area contributed by atoms with Gasteiger partial charge in [-0.1, -0.05) is 34.6 Å². The zero-order chi connectivity index (χ0) is 17.9. The van der Waals surface area contributed by atoms with E-state index in [1.165, 1.54) is 11.8 Å². The molecule has 0 aliphatic carbocycles. The van der Waals surface area contributed by atoms with Crippen molar-refractivity contribution >= 4 is 34.7 Å². The van der Waals surface area contributed by atoms with E-state index in [0.717, 1.165) is 10.4 Å². The van der Waals surface area contributed by atoms with Gasteiger partial charge in [-0.15, -0.1) is 16.4 Å². The lowest BCUT2D eigenvalue weighted by atomic mass is 10.2. The molecule has 1 N–H and O–H groups in total. The lowest BCUT2D eigenvalue weighted by Crippen LogP contribution is -1.89. The Balaban J connectivity index is 1.47. The third-order valence-corrected chi connectivity index (χ3v) is 5.35. The minimum absolute atomic E-state index is 0.475. The van der Waals surface area contributed by atoms with Crippen molar-refractivity contribution in [3.63, 3.8) is 0 Å². The molecule has 3 heterocycles. The van der Waals surface area contributed by atoms with Crippen molar-refractivity contribution in [3.8, 4) is 27.8 Å². The van der Waals surface area contributed by atoms with Crippen LogP contribution in [0.25, 0.3) is 22.1 Å². The maximum absolute atomic E-state index is 6.07. The molecule has 0 fully saturated rings. The summed E-state index contributed by atoms with van der Waals surface area (Å²) in [6.45, 7) is 0. The van der Waals surface area contributed by atoms with Crippen molar-refractivity contribution < 1.29 is 9.26 Å². The molecular formula is C16H12ClN5O2S2. The molecule has 0 bridgehead atoms. The average molecular weight is 406 g/mol. The number of aromatic amines is 1. The Hall–Kier alpha value is -2.36. The molecule has 10 heteroatoms. The van der Waals surface area contributed by atoms with Crippen LogP contribution in [0.2, 0.25) is 5.02 Å². The molecule has 0 amide bonds. The Morgan fingerprint density at radius 1 is 1.31 bits per heavy atom. The van der Waals surface area contributed by atoms with E-state index >= 15 is 0 Å². The minimum atomic E-state index is 0.475. The van der Waals surface area contributed by atoms with Crippen molar-refractivity contribution in [2.45, 2.75) is 10.9 Å². The van der Waals surface area contributed by atoms with Crippen molar-refractivity contribution in [3.05, 3.63) is 46.6 Å².